The normalized spacial score (nSPS) is 16.6. The number of nitrogens with two attached hydrogens (primary N) is 1. The van der Waals surface area contributed by atoms with Gasteiger partial charge in [-0.15, -0.1) is 0 Å². The fourth-order valence-electron chi connectivity index (χ4n) is 4.57. The number of sulfonamides is 1. The molecule has 1 aliphatic rings. The maximum atomic E-state index is 14.4. The number of fused-ring (bicyclic) bond motifs is 1. The van der Waals surface area contributed by atoms with Crippen molar-refractivity contribution < 1.29 is 27.1 Å². The van der Waals surface area contributed by atoms with E-state index < -0.39 is 22.0 Å². The number of hydrogen-bond acceptors (Lipinski definition) is 5. The van der Waals surface area contributed by atoms with Crippen molar-refractivity contribution in [1.82, 2.24) is 9.29 Å². The third-order valence-corrected chi connectivity index (χ3v) is 8.65. The lowest BCUT2D eigenvalue weighted by molar-refractivity contribution is -0.0249. The van der Waals surface area contributed by atoms with E-state index in [1.54, 1.807) is 42.5 Å². The highest BCUT2D eigenvalue weighted by Crippen LogP contribution is 2.33. The monoisotopic (exact) mass is 557 g/mol. The number of nitrogens with zero attached hydrogens (tertiary/aromatic N) is 1. The van der Waals surface area contributed by atoms with Gasteiger partial charge in [0.05, 0.1) is 6.61 Å². The largest absolute Gasteiger partial charge is 0.491 e. The van der Waals surface area contributed by atoms with E-state index in [9.17, 15) is 17.6 Å². The minimum Gasteiger partial charge on any atom is -0.491 e. The van der Waals surface area contributed by atoms with Crippen molar-refractivity contribution >= 4 is 38.4 Å². The Hall–Kier alpha value is -3.44. The molecular weight excluding hydrogens is 533 g/mol. The zero-order chi connectivity index (χ0) is 27.0. The molecule has 0 radical (unpaired) electrons. The number of benzene rings is 3. The van der Waals surface area contributed by atoms with Crippen LogP contribution in [0, 0.1) is 12.7 Å². The van der Waals surface area contributed by atoms with Crippen LogP contribution in [0.2, 0.25) is 5.02 Å². The van der Waals surface area contributed by atoms with Crippen molar-refractivity contribution in [3.8, 4) is 16.9 Å². The number of halogens is 2. The van der Waals surface area contributed by atoms with Crippen LogP contribution in [0.15, 0.2) is 65.6 Å². The molecule has 11 heteroatoms. The first-order chi connectivity index (χ1) is 18.1. The summed E-state index contributed by atoms with van der Waals surface area (Å²) in [6.45, 7) is 2.17. The Morgan fingerprint density at radius 3 is 2.74 bits per heavy atom. The smallest absolute Gasteiger partial charge is 0.266 e. The Morgan fingerprint density at radius 2 is 1.97 bits per heavy atom. The maximum absolute atomic E-state index is 14.4. The summed E-state index contributed by atoms with van der Waals surface area (Å²) in [6, 6.07) is 16.5. The molecule has 1 saturated heterocycles. The number of carbonyl (C=O) groups is 1. The summed E-state index contributed by atoms with van der Waals surface area (Å²) in [7, 11) is -4.14. The molecule has 4 aromatic rings. The molecule has 0 bridgehead atoms. The second-order valence-corrected chi connectivity index (χ2v) is 11.3. The van der Waals surface area contributed by atoms with Crippen molar-refractivity contribution in [3.63, 3.8) is 0 Å². The summed E-state index contributed by atoms with van der Waals surface area (Å²) in [6.07, 6.45) is -0.581. The number of ether oxygens (including phenoxy) is 2. The first kappa shape index (κ1) is 26.2. The minimum atomic E-state index is -4.14. The van der Waals surface area contributed by atoms with Gasteiger partial charge in [0, 0.05) is 34.6 Å². The van der Waals surface area contributed by atoms with Crippen LogP contribution >= 0.6 is 11.6 Å². The summed E-state index contributed by atoms with van der Waals surface area (Å²) in [5.41, 5.74) is 7.78. The number of primary amides is 1. The summed E-state index contributed by atoms with van der Waals surface area (Å²) < 4.78 is 54.8. The molecule has 38 heavy (non-hydrogen) atoms. The van der Waals surface area contributed by atoms with E-state index in [1.165, 1.54) is 16.4 Å². The maximum Gasteiger partial charge on any atom is 0.266 e. The topological polar surface area (TPSA) is 115 Å². The second-order valence-electron chi connectivity index (χ2n) is 9.01. The van der Waals surface area contributed by atoms with E-state index in [-0.39, 0.29) is 48.1 Å². The van der Waals surface area contributed by atoms with Gasteiger partial charge in [-0.2, -0.15) is 4.31 Å². The number of aryl methyl sites for hydroxylation is 1. The molecule has 0 saturated carbocycles. The molecule has 0 aliphatic carbocycles. The van der Waals surface area contributed by atoms with E-state index in [4.69, 9.17) is 26.8 Å². The van der Waals surface area contributed by atoms with Crippen LogP contribution in [0.1, 0.15) is 16.1 Å². The first-order valence-electron chi connectivity index (χ1n) is 11.9. The highest BCUT2D eigenvalue weighted by Gasteiger charge is 2.36. The predicted octanol–water partition coefficient (Wildman–Crippen LogP) is 4.50. The standard InChI is InChI=1S/C27H25ClFN3O5S/c1-16-6-8-18(13-21(16)20-4-2-3-5-23(20)29)37-15-19-14-32(10-11-36-19)38(34,35)26-22-12-17(28)7-9-24(22)31-25(26)27(30)33/h2-9,12-13,19,31H,10-11,14-15H2,1H3,(H2,30,33)/t19-/m0/s1. The molecule has 198 valence electrons. The number of rotatable bonds is 7. The molecule has 0 spiro atoms. The van der Waals surface area contributed by atoms with Crippen molar-refractivity contribution in [2.24, 2.45) is 5.73 Å². The number of aromatic nitrogens is 1. The first-order valence-corrected chi connectivity index (χ1v) is 13.7. The van der Waals surface area contributed by atoms with Crippen molar-refractivity contribution in [3.05, 3.63) is 82.8 Å². The van der Waals surface area contributed by atoms with Crippen LogP contribution in [0.4, 0.5) is 4.39 Å². The zero-order valence-corrected chi connectivity index (χ0v) is 22.0. The highest BCUT2D eigenvalue weighted by atomic mass is 35.5. The van der Waals surface area contributed by atoms with Gasteiger partial charge in [-0.3, -0.25) is 4.79 Å². The summed E-state index contributed by atoms with van der Waals surface area (Å²) in [4.78, 5) is 14.7. The number of aromatic amines is 1. The van der Waals surface area contributed by atoms with E-state index in [0.717, 1.165) is 5.56 Å². The van der Waals surface area contributed by atoms with E-state index in [0.29, 0.717) is 27.4 Å². The van der Waals surface area contributed by atoms with Crippen molar-refractivity contribution in [2.45, 2.75) is 17.9 Å². The number of morpholine rings is 1. The number of amides is 1. The number of nitrogens with one attached hydrogen (secondary N) is 1. The van der Waals surface area contributed by atoms with Gasteiger partial charge in [0.1, 0.15) is 34.9 Å². The Labute approximate surface area is 224 Å². The lowest BCUT2D eigenvalue weighted by atomic mass is 10.00. The minimum absolute atomic E-state index is 0.000192. The SMILES string of the molecule is Cc1ccc(OC[C@@H]2CN(S(=O)(=O)c3c(C(N)=O)[nH]c4ccc(Cl)cc34)CCO2)cc1-c1ccccc1F. The lowest BCUT2D eigenvalue weighted by Crippen LogP contribution is -2.47. The average molecular weight is 558 g/mol. The highest BCUT2D eigenvalue weighted by molar-refractivity contribution is 7.89. The molecule has 2 heterocycles. The third kappa shape index (κ3) is 5.00. The van der Waals surface area contributed by atoms with Gasteiger partial charge in [-0.1, -0.05) is 35.9 Å². The fourth-order valence-corrected chi connectivity index (χ4v) is 6.54. The lowest BCUT2D eigenvalue weighted by Gasteiger charge is -2.32. The summed E-state index contributed by atoms with van der Waals surface area (Å²) in [5, 5.41) is 0.607. The number of carbonyl (C=O) groups excluding carboxylic acids is 1. The zero-order valence-electron chi connectivity index (χ0n) is 20.4. The molecule has 8 nitrogen and oxygen atoms in total. The molecule has 1 aliphatic heterocycles. The molecule has 1 atom stereocenters. The summed E-state index contributed by atoms with van der Waals surface area (Å²) >= 11 is 6.11. The van der Waals surface area contributed by atoms with Crippen LogP contribution < -0.4 is 10.5 Å². The van der Waals surface area contributed by atoms with Gasteiger partial charge in [-0.05, 0) is 54.4 Å². The Kier molecular flexibility index (Phi) is 7.15. The number of H-pyrrole nitrogens is 1. The second kappa shape index (κ2) is 10.4. The average Bonchev–Trinajstić information content (AvgIpc) is 3.29. The van der Waals surface area contributed by atoms with E-state index in [2.05, 4.69) is 4.98 Å². The Balaban J connectivity index is 1.36. The fraction of sp³-hybridized carbons (Fsp3) is 0.222. The van der Waals surface area contributed by atoms with Gasteiger partial charge in [-0.25, -0.2) is 12.8 Å². The molecule has 1 amide bonds. The van der Waals surface area contributed by atoms with E-state index >= 15 is 0 Å². The van der Waals surface area contributed by atoms with Crippen LogP contribution in [0.25, 0.3) is 22.0 Å². The molecule has 1 aromatic heterocycles. The van der Waals surface area contributed by atoms with Gasteiger partial charge >= 0.3 is 0 Å². The Bertz CT molecular complexity index is 1640. The quantitative estimate of drug-likeness (QED) is 0.347. The van der Waals surface area contributed by atoms with Gasteiger partial charge < -0.3 is 20.2 Å². The van der Waals surface area contributed by atoms with Crippen LogP contribution in [-0.2, 0) is 14.8 Å². The third-order valence-electron chi connectivity index (χ3n) is 6.47. The van der Waals surface area contributed by atoms with Gasteiger partial charge in [0.15, 0.2) is 0 Å². The molecule has 3 N–H and O–H groups in total. The molecular formula is C27H25ClFN3O5S. The van der Waals surface area contributed by atoms with Crippen LogP contribution in [0.5, 0.6) is 5.75 Å². The van der Waals surface area contributed by atoms with Gasteiger partial charge in [0.25, 0.3) is 5.91 Å². The van der Waals surface area contributed by atoms with Crippen molar-refractivity contribution in [2.75, 3.05) is 26.3 Å². The molecule has 3 aromatic carbocycles. The number of hydrogen-bond donors (Lipinski definition) is 2. The summed E-state index contributed by atoms with van der Waals surface area (Å²) in [5.74, 6) is -0.730. The van der Waals surface area contributed by atoms with Gasteiger partial charge in [0.2, 0.25) is 10.0 Å². The predicted molar refractivity (Wildman–Crippen MR) is 142 cm³/mol. The van der Waals surface area contributed by atoms with Crippen LogP contribution in [0.3, 0.4) is 0 Å². The van der Waals surface area contributed by atoms with E-state index in [1.807, 2.05) is 13.0 Å². The molecule has 5 rings (SSSR count). The molecule has 1 fully saturated rings. The Morgan fingerprint density at radius 1 is 1.18 bits per heavy atom. The molecule has 0 unspecified atom stereocenters. The van der Waals surface area contributed by atoms with Crippen molar-refractivity contribution in [1.29, 1.82) is 0 Å². The van der Waals surface area contributed by atoms with Crippen LogP contribution in [-0.4, -0.2) is 56.0 Å².